The van der Waals surface area contributed by atoms with E-state index in [1.165, 1.54) is 17.4 Å². The van der Waals surface area contributed by atoms with Gasteiger partial charge in [-0.05, 0) is 49.3 Å². The molecule has 11 heteroatoms. The van der Waals surface area contributed by atoms with Crippen LogP contribution in [0.2, 0.25) is 5.02 Å². The molecule has 0 unspecified atom stereocenters. The van der Waals surface area contributed by atoms with Gasteiger partial charge in [-0.25, -0.2) is 4.39 Å². The maximum Gasteiger partial charge on any atom is 0.306 e. The molecular weight excluding hydrogens is 466 g/mol. The second-order valence-corrected chi connectivity index (χ2v) is 8.60. The van der Waals surface area contributed by atoms with Crippen LogP contribution in [0.15, 0.2) is 23.6 Å². The third-order valence-corrected chi connectivity index (χ3v) is 6.47. The third-order valence-electron chi connectivity index (χ3n) is 5.13. The van der Waals surface area contributed by atoms with Crippen molar-refractivity contribution in [2.45, 2.75) is 31.8 Å². The fraction of sp³-hybridized carbons (Fsp3) is 0.381. The molecule has 3 N–H and O–H groups in total. The number of carbonyl (C=O) groups excluding carboxylic acids is 2. The van der Waals surface area contributed by atoms with Crippen LogP contribution < -0.4 is 15.4 Å². The minimum absolute atomic E-state index is 0.000301. The number of aliphatic carboxylic acids is 1. The molecule has 0 spiro atoms. The zero-order valence-corrected chi connectivity index (χ0v) is 18.4. The first-order valence-electron chi connectivity index (χ1n) is 9.94. The van der Waals surface area contributed by atoms with Crippen molar-refractivity contribution in [3.63, 3.8) is 0 Å². The van der Waals surface area contributed by atoms with Gasteiger partial charge < -0.3 is 20.5 Å². The minimum Gasteiger partial charge on any atom is -0.487 e. The number of benzene rings is 1. The van der Waals surface area contributed by atoms with Crippen molar-refractivity contribution >= 4 is 40.7 Å². The van der Waals surface area contributed by atoms with Crippen LogP contribution in [0.3, 0.4) is 0 Å². The number of nitrogens with one attached hydrogen (secondary N) is 2. The Morgan fingerprint density at radius 1 is 1.03 bits per heavy atom. The SMILES string of the molecule is O=C(NCCNC(=O)c1sccc1Cl)c1ccc(OC2CCC(C(=O)O)CC2)c(F)c1F. The molecule has 1 aliphatic carbocycles. The van der Waals surface area contributed by atoms with Gasteiger partial charge in [0.25, 0.3) is 11.8 Å². The zero-order chi connectivity index (χ0) is 23.3. The first kappa shape index (κ1) is 23.9. The van der Waals surface area contributed by atoms with E-state index < -0.39 is 47.0 Å². The van der Waals surface area contributed by atoms with Crippen molar-refractivity contribution in [1.82, 2.24) is 10.6 Å². The lowest BCUT2D eigenvalue weighted by Gasteiger charge is -2.27. The normalized spacial score (nSPS) is 18.1. The Kier molecular flexibility index (Phi) is 8.03. The van der Waals surface area contributed by atoms with Crippen molar-refractivity contribution < 1.29 is 33.0 Å². The number of ether oxygens (including phenoxy) is 1. The molecular formula is C21H21ClF2N2O5S. The van der Waals surface area contributed by atoms with Gasteiger partial charge in [0.05, 0.1) is 22.6 Å². The predicted octanol–water partition coefficient (Wildman–Crippen LogP) is 3.86. The average Bonchev–Trinajstić information content (AvgIpc) is 3.20. The molecule has 1 aromatic carbocycles. The standard InChI is InChI=1S/C21H21ClF2N2O5S/c22-14-7-10-32-18(14)20(28)26-9-8-25-19(27)13-5-6-15(17(24)16(13)23)31-12-3-1-11(2-4-12)21(29)30/h5-7,10-12H,1-4,8-9H2,(H,25,27)(H,26,28)(H,29,30). The van der Waals surface area contributed by atoms with Crippen LogP contribution in [0, 0.1) is 17.6 Å². The number of halogens is 3. The number of carbonyl (C=O) groups is 3. The summed E-state index contributed by atoms with van der Waals surface area (Å²) in [6.07, 6.45) is 1.23. The first-order chi connectivity index (χ1) is 15.3. The molecule has 1 fully saturated rings. The average molecular weight is 487 g/mol. The van der Waals surface area contributed by atoms with Crippen molar-refractivity contribution in [3.8, 4) is 5.75 Å². The molecule has 1 heterocycles. The van der Waals surface area contributed by atoms with E-state index in [1.807, 2.05) is 0 Å². The van der Waals surface area contributed by atoms with Gasteiger partial charge in [0.15, 0.2) is 11.6 Å². The fourth-order valence-electron chi connectivity index (χ4n) is 3.39. The summed E-state index contributed by atoms with van der Waals surface area (Å²) in [6, 6.07) is 3.89. The van der Waals surface area contributed by atoms with Crippen LogP contribution in [0.1, 0.15) is 45.7 Å². The monoisotopic (exact) mass is 486 g/mol. The van der Waals surface area contributed by atoms with Crippen molar-refractivity contribution in [3.05, 3.63) is 50.7 Å². The number of carboxylic acids is 1. The topological polar surface area (TPSA) is 105 Å². The van der Waals surface area contributed by atoms with Crippen molar-refractivity contribution in [2.24, 2.45) is 5.92 Å². The summed E-state index contributed by atoms with van der Waals surface area (Å²) >= 11 is 7.05. The molecule has 0 saturated heterocycles. The van der Waals surface area contributed by atoms with Gasteiger partial charge >= 0.3 is 5.97 Å². The number of hydrogen-bond acceptors (Lipinski definition) is 5. The molecule has 0 atom stereocenters. The molecule has 7 nitrogen and oxygen atoms in total. The van der Waals surface area contributed by atoms with E-state index in [0.717, 1.165) is 6.07 Å². The van der Waals surface area contributed by atoms with E-state index in [9.17, 15) is 23.2 Å². The molecule has 2 amide bonds. The summed E-state index contributed by atoms with van der Waals surface area (Å²) in [7, 11) is 0. The Morgan fingerprint density at radius 3 is 2.28 bits per heavy atom. The highest BCUT2D eigenvalue weighted by Crippen LogP contribution is 2.30. The molecule has 1 aromatic heterocycles. The Hall–Kier alpha value is -2.72. The van der Waals surface area contributed by atoms with Gasteiger partial charge in [0.2, 0.25) is 5.82 Å². The van der Waals surface area contributed by atoms with Gasteiger partial charge in [-0.1, -0.05) is 11.6 Å². The van der Waals surface area contributed by atoms with E-state index in [-0.39, 0.29) is 18.8 Å². The predicted molar refractivity (Wildman–Crippen MR) is 114 cm³/mol. The molecule has 0 radical (unpaired) electrons. The van der Waals surface area contributed by atoms with Crippen LogP contribution in [0.25, 0.3) is 0 Å². The molecule has 172 valence electrons. The smallest absolute Gasteiger partial charge is 0.306 e. The van der Waals surface area contributed by atoms with Gasteiger partial charge in [-0.3, -0.25) is 14.4 Å². The lowest BCUT2D eigenvalue weighted by Crippen LogP contribution is -2.35. The zero-order valence-electron chi connectivity index (χ0n) is 16.8. The van der Waals surface area contributed by atoms with E-state index in [2.05, 4.69) is 10.6 Å². The molecule has 32 heavy (non-hydrogen) atoms. The Bertz CT molecular complexity index is 1010. The van der Waals surface area contributed by atoms with Crippen molar-refractivity contribution in [2.75, 3.05) is 13.1 Å². The highest BCUT2D eigenvalue weighted by Gasteiger charge is 2.28. The maximum atomic E-state index is 14.4. The van der Waals surface area contributed by atoms with E-state index >= 15 is 0 Å². The Balaban J connectivity index is 1.50. The highest BCUT2D eigenvalue weighted by atomic mass is 35.5. The molecule has 1 saturated carbocycles. The number of rotatable bonds is 8. The van der Waals surface area contributed by atoms with Gasteiger partial charge in [-0.2, -0.15) is 4.39 Å². The summed E-state index contributed by atoms with van der Waals surface area (Å²) in [6.45, 7) is 0.0722. The third kappa shape index (κ3) is 5.74. The first-order valence-corrected chi connectivity index (χ1v) is 11.2. The molecule has 3 rings (SSSR count). The summed E-state index contributed by atoms with van der Waals surface area (Å²) in [5, 5.41) is 16.0. The van der Waals surface area contributed by atoms with E-state index in [4.69, 9.17) is 21.4 Å². The van der Waals surface area contributed by atoms with Crippen LogP contribution in [0.4, 0.5) is 8.78 Å². The Morgan fingerprint density at radius 2 is 1.69 bits per heavy atom. The minimum atomic E-state index is -1.34. The maximum absolute atomic E-state index is 14.4. The second-order valence-electron chi connectivity index (χ2n) is 7.28. The highest BCUT2D eigenvalue weighted by molar-refractivity contribution is 7.12. The number of carboxylic acid groups (broad SMARTS) is 1. The van der Waals surface area contributed by atoms with Gasteiger partial charge in [-0.15, -0.1) is 11.3 Å². The quantitative estimate of drug-likeness (QED) is 0.491. The molecule has 2 aromatic rings. The largest absolute Gasteiger partial charge is 0.487 e. The molecule has 0 aliphatic heterocycles. The van der Waals surface area contributed by atoms with E-state index in [0.29, 0.717) is 35.6 Å². The summed E-state index contributed by atoms with van der Waals surface area (Å²) in [4.78, 5) is 35.5. The number of hydrogen-bond donors (Lipinski definition) is 3. The Labute approximate surface area is 191 Å². The summed E-state index contributed by atoms with van der Waals surface area (Å²) in [5.74, 6) is -5.49. The number of amides is 2. The summed E-state index contributed by atoms with van der Waals surface area (Å²) in [5.41, 5.74) is -0.489. The molecule has 0 bridgehead atoms. The van der Waals surface area contributed by atoms with Gasteiger partial charge in [0.1, 0.15) is 4.88 Å². The molecule has 1 aliphatic rings. The van der Waals surface area contributed by atoms with Gasteiger partial charge in [0, 0.05) is 13.1 Å². The fourth-order valence-corrected chi connectivity index (χ4v) is 4.45. The van der Waals surface area contributed by atoms with Crippen LogP contribution in [-0.2, 0) is 4.79 Å². The van der Waals surface area contributed by atoms with Crippen LogP contribution in [0.5, 0.6) is 5.75 Å². The number of thiophene rings is 1. The lowest BCUT2D eigenvalue weighted by molar-refractivity contribution is -0.143. The van der Waals surface area contributed by atoms with Crippen LogP contribution >= 0.6 is 22.9 Å². The van der Waals surface area contributed by atoms with Crippen molar-refractivity contribution in [1.29, 1.82) is 0 Å². The van der Waals surface area contributed by atoms with Crippen LogP contribution in [-0.4, -0.2) is 42.1 Å². The lowest BCUT2D eigenvalue weighted by atomic mass is 9.87. The summed E-state index contributed by atoms with van der Waals surface area (Å²) < 4.78 is 34.4. The van der Waals surface area contributed by atoms with E-state index in [1.54, 1.807) is 11.4 Å². The second kappa shape index (κ2) is 10.7.